The lowest BCUT2D eigenvalue weighted by Crippen LogP contribution is -2.34. The minimum absolute atomic E-state index is 0.106. The number of benzene rings is 1. The molecule has 0 aromatic heterocycles. The number of nitrogens with one attached hydrogen (secondary N) is 1. The molecule has 98 valence electrons. The average molecular weight is 269 g/mol. The molecule has 1 aromatic carbocycles. The van der Waals surface area contributed by atoms with Crippen LogP contribution in [0.25, 0.3) is 0 Å². The number of nitro groups is 1. The first-order chi connectivity index (χ1) is 8.60. The van der Waals surface area contributed by atoms with Crippen LogP contribution in [0.5, 0.6) is 0 Å². The molecule has 1 N–H and O–H groups in total. The number of amides is 2. The van der Waals surface area contributed by atoms with Gasteiger partial charge in [0.15, 0.2) is 0 Å². The number of para-hydroxylation sites is 2. The summed E-state index contributed by atoms with van der Waals surface area (Å²) < 4.78 is 0. The van der Waals surface area contributed by atoms with Crippen molar-refractivity contribution >= 4 is 29.2 Å². The normalized spacial score (nSPS) is 9.89. The van der Waals surface area contributed by atoms with Crippen molar-refractivity contribution in [2.45, 2.75) is 6.92 Å². The summed E-state index contributed by atoms with van der Waals surface area (Å²) in [4.78, 5) is 23.7. The van der Waals surface area contributed by atoms with Crippen LogP contribution in [0, 0.1) is 10.1 Å². The van der Waals surface area contributed by atoms with Gasteiger partial charge in [-0.05, 0) is 19.2 Å². The molecule has 0 atom stereocenters. The fourth-order valence-corrected chi connectivity index (χ4v) is 1.99. The third-order valence-corrected chi connectivity index (χ3v) is 2.87. The predicted molar refractivity (Wildman–Crippen MR) is 72.9 cm³/mol. The maximum absolute atomic E-state index is 11.9. The zero-order valence-electron chi connectivity index (χ0n) is 10.3. The Hall–Kier alpha value is -1.76. The molecule has 6 nitrogen and oxygen atoms in total. The first-order valence-corrected chi connectivity index (χ1v) is 6.77. The van der Waals surface area contributed by atoms with Gasteiger partial charge in [-0.15, -0.1) is 11.8 Å². The Balaban J connectivity index is 2.84. The molecule has 0 saturated heterocycles. The van der Waals surface area contributed by atoms with Gasteiger partial charge in [-0.3, -0.25) is 10.1 Å². The van der Waals surface area contributed by atoms with E-state index >= 15 is 0 Å². The molecule has 7 heteroatoms. The van der Waals surface area contributed by atoms with Gasteiger partial charge in [0.05, 0.1) is 10.8 Å². The lowest BCUT2D eigenvalue weighted by Gasteiger charge is -2.19. The number of thioether (sulfide) groups is 1. The lowest BCUT2D eigenvalue weighted by molar-refractivity contribution is -0.383. The maximum atomic E-state index is 11.9. The Morgan fingerprint density at radius 3 is 2.72 bits per heavy atom. The van der Waals surface area contributed by atoms with Crippen LogP contribution in [0.3, 0.4) is 0 Å². The van der Waals surface area contributed by atoms with Crippen LogP contribution in [0.1, 0.15) is 6.92 Å². The summed E-state index contributed by atoms with van der Waals surface area (Å²) in [5.74, 6) is 0.545. The van der Waals surface area contributed by atoms with Gasteiger partial charge in [0.25, 0.3) is 5.69 Å². The molecule has 0 bridgehead atoms. The monoisotopic (exact) mass is 269 g/mol. The van der Waals surface area contributed by atoms with Crippen LogP contribution >= 0.6 is 11.8 Å². The zero-order chi connectivity index (χ0) is 13.5. The average Bonchev–Trinajstić information content (AvgIpc) is 2.36. The number of hydrogen-bond donors (Lipinski definition) is 1. The van der Waals surface area contributed by atoms with E-state index in [1.54, 1.807) is 17.0 Å². The van der Waals surface area contributed by atoms with E-state index < -0.39 is 4.92 Å². The molecule has 0 saturated carbocycles. The second kappa shape index (κ2) is 6.85. The molecular weight excluding hydrogens is 254 g/mol. The van der Waals surface area contributed by atoms with Gasteiger partial charge in [-0.1, -0.05) is 12.1 Å². The fourth-order valence-electron chi connectivity index (χ4n) is 1.38. The summed E-state index contributed by atoms with van der Waals surface area (Å²) in [7, 11) is 0. The molecule has 1 rings (SSSR count). The van der Waals surface area contributed by atoms with Gasteiger partial charge in [-0.25, -0.2) is 4.79 Å². The third kappa shape index (κ3) is 3.63. The molecule has 0 heterocycles. The first kappa shape index (κ1) is 14.3. The number of anilines is 1. The van der Waals surface area contributed by atoms with Crippen LogP contribution in [-0.4, -0.2) is 34.5 Å². The van der Waals surface area contributed by atoms with Crippen molar-refractivity contribution in [1.29, 1.82) is 0 Å². The molecule has 0 aliphatic rings. The Kier molecular flexibility index (Phi) is 5.44. The maximum Gasteiger partial charge on any atom is 0.322 e. The number of nitro benzene ring substituents is 1. The molecule has 0 fully saturated rings. The topological polar surface area (TPSA) is 75.5 Å². The number of hydrogen-bond acceptors (Lipinski definition) is 4. The molecular formula is C11H15N3O3S. The highest BCUT2D eigenvalue weighted by molar-refractivity contribution is 7.98. The second-order valence-corrected chi connectivity index (χ2v) is 4.31. The Labute approximate surface area is 110 Å². The summed E-state index contributed by atoms with van der Waals surface area (Å²) >= 11 is 1.51. The van der Waals surface area contributed by atoms with Gasteiger partial charge in [0.2, 0.25) is 0 Å². The van der Waals surface area contributed by atoms with Crippen molar-refractivity contribution in [1.82, 2.24) is 4.90 Å². The Bertz CT molecular complexity index is 439. The highest BCUT2D eigenvalue weighted by Crippen LogP contribution is 2.23. The van der Waals surface area contributed by atoms with Gasteiger partial charge >= 0.3 is 6.03 Å². The molecule has 18 heavy (non-hydrogen) atoms. The number of rotatable bonds is 5. The zero-order valence-corrected chi connectivity index (χ0v) is 11.1. The summed E-state index contributed by atoms with van der Waals surface area (Å²) in [5, 5.41) is 13.4. The molecule has 0 unspecified atom stereocenters. The quantitative estimate of drug-likeness (QED) is 0.506. The van der Waals surface area contributed by atoms with Crippen molar-refractivity contribution in [2.75, 3.05) is 24.0 Å². The number of urea groups is 1. The smallest absolute Gasteiger partial charge is 0.316 e. The van der Waals surface area contributed by atoms with E-state index in [0.29, 0.717) is 12.4 Å². The number of carbonyl (C=O) groups is 1. The van der Waals surface area contributed by atoms with E-state index in [9.17, 15) is 14.9 Å². The van der Waals surface area contributed by atoms with Crippen LogP contribution in [0.4, 0.5) is 16.2 Å². The molecule has 2 amide bonds. The van der Waals surface area contributed by atoms with Crippen LogP contribution in [0.2, 0.25) is 0 Å². The van der Waals surface area contributed by atoms with E-state index in [1.807, 2.05) is 13.2 Å². The van der Waals surface area contributed by atoms with Crippen molar-refractivity contribution in [3.63, 3.8) is 0 Å². The Morgan fingerprint density at radius 1 is 1.50 bits per heavy atom. The van der Waals surface area contributed by atoms with Crippen molar-refractivity contribution in [3.05, 3.63) is 34.4 Å². The van der Waals surface area contributed by atoms with E-state index in [4.69, 9.17) is 0 Å². The minimum atomic E-state index is -0.513. The molecule has 0 aliphatic carbocycles. The standard InChI is InChI=1S/C11H15N3O3S/c1-3-13(8-18-2)11(15)12-9-6-4-5-7-10(9)14(16)17/h4-7H,3,8H2,1-2H3,(H,12,15). The van der Waals surface area contributed by atoms with Gasteiger partial charge in [0.1, 0.15) is 5.69 Å². The SMILES string of the molecule is CCN(CSC)C(=O)Nc1ccccc1[N+](=O)[O-]. The Morgan fingerprint density at radius 2 is 2.17 bits per heavy atom. The van der Waals surface area contributed by atoms with Crippen LogP contribution in [0.15, 0.2) is 24.3 Å². The summed E-state index contributed by atoms with van der Waals surface area (Å²) in [6.07, 6.45) is 1.89. The van der Waals surface area contributed by atoms with E-state index in [0.717, 1.165) is 0 Å². The highest BCUT2D eigenvalue weighted by atomic mass is 32.2. The summed E-state index contributed by atoms with van der Waals surface area (Å²) in [6, 6.07) is 5.76. The molecule has 0 spiro atoms. The summed E-state index contributed by atoms with van der Waals surface area (Å²) in [5.41, 5.74) is 0.109. The van der Waals surface area contributed by atoms with E-state index in [2.05, 4.69) is 5.32 Å². The van der Waals surface area contributed by atoms with Crippen LogP contribution in [-0.2, 0) is 0 Å². The van der Waals surface area contributed by atoms with E-state index in [1.165, 1.54) is 23.9 Å². The molecule has 1 aromatic rings. The molecule has 0 aliphatic heterocycles. The lowest BCUT2D eigenvalue weighted by atomic mass is 10.3. The summed E-state index contributed by atoms with van der Waals surface area (Å²) in [6.45, 7) is 2.41. The van der Waals surface area contributed by atoms with Gasteiger partial charge in [0, 0.05) is 12.6 Å². The second-order valence-electron chi connectivity index (χ2n) is 3.48. The van der Waals surface area contributed by atoms with Crippen molar-refractivity contribution in [2.24, 2.45) is 0 Å². The molecule has 0 radical (unpaired) electrons. The number of carbonyl (C=O) groups excluding carboxylic acids is 1. The first-order valence-electron chi connectivity index (χ1n) is 5.38. The van der Waals surface area contributed by atoms with Crippen molar-refractivity contribution < 1.29 is 9.72 Å². The van der Waals surface area contributed by atoms with Crippen molar-refractivity contribution in [3.8, 4) is 0 Å². The van der Waals surface area contributed by atoms with Gasteiger partial charge < -0.3 is 10.2 Å². The van der Waals surface area contributed by atoms with Crippen LogP contribution < -0.4 is 5.32 Å². The predicted octanol–water partition coefficient (Wildman–Crippen LogP) is 2.77. The highest BCUT2D eigenvalue weighted by Gasteiger charge is 2.17. The van der Waals surface area contributed by atoms with E-state index in [-0.39, 0.29) is 17.4 Å². The third-order valence-electron chi connectivity index (χ3n) is 2.30. The minimum Gasteiger partial charge on any atom is -0.316 e. The van der Waals surface area contributed by atoms with Gasteiger partial charge in [-0.2, -0.15) is 0 Å². The number of nitrogens with zero attached hydrogens (tertiary/aromatic N) is 2. The fraction of sp³-hybridized carbons (Fsp3) is 0.364. The largest absolute Gasteiger partial charge is 0.322 e.